The third-order valence-electron chi connectivity index (χ3n) is 4.04. The average molecular weight is 410 g/mol. The Kier molecular flexibility index (Phi) is 6.00. The van der Waals surface area contributed by atoms with Gasteiger partial charge in [-0.3, -0.25) is 14.9 Å². The number of benzene rings is 2. The number of sulfonamides is 1. The first kappa shape index (κ1) is 19.6. The number of carbonyl (C=O) groups is 1. The molecule has 144 valence electrons. The van der Waals surface area contributed by atoms with E-state index >= 15 is 0 Å². The predicted octanol–water partition coefficient (Wildman–Crippen LogP) is 1.98. The SMILES string of the molecule is CSc1cccc(NC(=O)C2CNNC2S(=O)(=O)Nc2ccc(F)cc2)c1. The smallest absolute Gasteiger partial charge is 0.250 e. The van der Waals surface area contributed by atoms with E-state index in [4.69, 9.17) is 0 Å². The molecule has 10 heteroatoms. The van der Waals surface area contributed by atoms with Crippen LogP contribution in [-0.2, 0) is 14.8 Å². The van der Waals surface area contributed by atoms with Gasteiger partial charge in [-0.15, -0.1) is 11.8 Å². The topological polar surface area (TPSA) is 99.3 Å². The quantitative estimate of drug-likeness (QED) is 0.544. The van der Waals surface area contributed by atoms with E-state index in [1.807, 2.05) is 24.5 Å². The van der Waals surface area contributed by atoms with E-state index in [2.05, 4.69) is 20.9 Å². The van der Waals surface area contributed by atoms with Gasteiger partial charge in [0.15, 0.2) is 5.37 Å². The molecule has 2 atom stereocenters. The molecule has 1 saturated heterocycles. The Morgan fingerprint density at radius 3 is 2.63 bits per heavy atom. The molecule has 1 amide bonds. The first-order valence-electron chi connectivity index (χ1n) is 8.09. The summed E-state index contributed by atoms with van der Waals surface area (Å²) in [6.45, 7) is 0.156. The lowest BCUT2D eigenvalue weighted by Gasteiger charge is -2.19. The Morgan fingerprint density at radius 2 is 1.93 bits per heavy atom. The first-order valence-corrected chi connectivity index (χ1v) is 10.9. The lowest BCUT2D eigenvalue weighted by Crippen LogP contribution is -2.45. The molecule has 0 aliphatic carbocycles. The molecule has 7 nitrogen and oxygen atoms in total. The molecular weight excluding hydrogens is 391 g/mol. The van der Waals surface area contributed by atoms with Crippen LogP contribution in [0.4, 0.5) is 15.8 Å². The lowest BCUT2D eigenvalue weighted by molar-refractivity contribution is -0.119. The highest BCUT2D eigenvalue weighted by atomic mass is 32.2. The average Bonchev–Trinajstić information content (AvgIpc) is 3.15. The van der Waals surface area contributed by atoms with Crippen LogP contribution >= 0.6 is 11.8 Å². The number of anilines is 2. The number of hydrogen-bond acceptors (Lipinski definition) is 6. The number of hydrogen-bond donors (Lipinski definition) is 4. The van der Waals surface area contributed by atoms with Gasteiger partial charge < -0.3 is 5.32 Å². The van der Waals surface area contributed by atoms with Gasteiger partial charge in [-0.2, -0.15) is 0 Å². The zero-order valence-electron chi connectivity index (χ0n) is 14.4. The Hall–Kier alpha value is -2.14. The molecule has 0 spiro atoms. The van der Waals surface area contributed by atoms with Crippen LogP contribution in [-0.4, -0.2) is 32.5 Å². The molecule has 0 bridgehead atoms. The fraction of sp³-hybridized carbons (Fsp3) is 0.235. The summed E-state index contributed by atoms with van der Waals surface area (Å²) >= 11 is 1.54. The first-order chi connectivity index (χ1) is 12.9. The maximum Gasteiger partial charge on any atom is 0.250 e. The second-order valence-electron chi connectivity index (χ2n) is 5.93. The van der Waals surface area contributed by atoms with Crippen LogP contribution in [0.5, 0.6) is 0 Å². The Balaban J connectivity index is 1.73. The van der Waals surface area contributed by atoms with E-state index in [0.29, 0.717) is 5.69 Å². The predicted molar refractivity (Wildman–Crippen MR) is 104 cm³/mol. The summed E-state index contributed by atoms with van der Waals surface area (Å²) in [6, 6.07) is 12.2. The Labute approximate surface area is 161 Å². The van der Waals surface area contributed by atoms with Gasteiger partial charge in [0.2, 0.25) is 5.91 Å². The highest BCUT2D eigenvalue weighted by molar-refractivity contribution is 7.98. The zero-order valence-corrected chi connectivity index (χ0v) is 16.0. The van der Waals surface area contributed by atoms with Crippen molar-refractivity contribution in [3.63, 3.8) is 0 Å². The van der Waals surface area contributed by atoms with E-state index in [0.717, 1.165) is 17.0 Å². The fourth-order valence-electron chi connectivity index (χ4n) is 2.68. The standard InChI is InChI=1S/C17H19FN4O3S2/c1-26-14-4-2-3-13(9-14)20-16(23)15-10-19-21-17(15)27(24,25)22-12-7-5-11(18)6-8-12/h2-9,15,17,19,21-22H,10H2,1H3,(H,20,23). The molecule has 4 N–H and O–H groups in total. The minimum absolute atomic E-state index is 0.156. The van der Waals surface area contributed by atoms with Crippen molar-refractivity contribution >= 4 is 39.1 Å². The summed E-state index contributed by atoms with van der Waals surface area (Å²) in [5.74, 6) is -1.73. The molecule has 2 aromatic rings. The van der Waals surface area contributed by atoms with Crippen molar-refractivity contribution in [2.24, 2.45) is 5.92 Å². The van der Waals surface area contributed by atoms with Crippen molar-refractivity contribution < 1.29 is 17.6 Å². The highest BCUT2D eigenvalue weighted by Gasteiger charge is 2.41. The number of hydrazine groups is 1. The number of rotatable bonds is 6. The summed E-state index contributed by atoms with van der Waals surface area (Å²) in [6.07, 6.45) is 1.93. The monoisotopic (exact) mass is 410 g/mol. The van der Waals surface area contributed by atoms with E-state index < -0.39 is 33.0 Å². The van der Waals surface area contributed by atoms with Crippen LogP contribution in [0, 0.1) is 11.7 Å². The van der Waals surface area contributed by atoms with Crippen LogP contribution in [0.3, 0.4) is 0 Å². The number of amides is 1. The van der Waals surface area contributed by atoms with Gasteiger partial charge in [0.25, 0.3) is 10.0 Å². The number of thioether (sulfide) groups is 1. The van der Waals surface area contributed by atoms with Crippen molar-refractivity contribution in [2.45, 2.75) is 10.3 Å². The van der Waals surface area contributed by atoms with Gasteiger partial charge in [-0.25, -0.2) is 18.2 Å². The van der Waals surface area contributed by atoms with Crippen LogP contribution in [0.2, 0.25) is 0 Å². The fourth-order valence-corrected chi connectivity index (χ4v) is 4.62. The second kappa shape index (κ2) is 8.26. The van der Waals surface area contributed by atoms with Crippen LogP contribution in [0.1, 0.15) is 0 Å². The van der Waals surface area contributed by atoms with Gasteiger partial charge in [0.05, 0.1) is 5.92 Å². The molecule has 0 saturated carbocycles. The molecule has 27 heavy (non-hydrogen) atoms. The third-order valence-corrected chi connectivity index (χ3v) is 6.40. The summed E-state index contributed by atoms with van der Waals surface area (Å²) < 4.78 is 40.7. The molecule has 1 aliphatic rings. The molecule has 2 unspecified atom stereocenters. The van der Waals surface area contributed by atoms with Gasteiger partial charge in [-0.05, 0) is 48.7 Å². The molecule has 2 aromatic carbocycles. The second-order valence-corrected chi connectivity index (χ2v) is 8.61. The minimum atomic E-state index is -3.94. The van der Waals surface area contributed by atoms with Crippen molar-refractivity contribution in [3.8, 4) is 0 Å². The van der Waals surface area contributed by atoms with Crippen molar-refractivity contribution in [2.75, 3.05) is 22.8 Å². The van der Waals surface area contributed by atoms with Crippen molar-refractivity contribution in [3.05, 3.63) is 54.3 Å². The zero-order chi connectivity index (χ0) is 19.4. The van der Waals surface area contributed by atoms with Gasteiger partial charge in [-0.1, -0.05) is 6.07 Å². The van der Waals surface area contributed by atoms with E-state index in [1.165, 1.54) is 12.1 Å². The molecule has 3 rings (SSSR count). The number of halogens is 1. The molecule has 1 aliphatic heterocycles. The summed E-state index contributed by atoms with van der Waals surface area (Å²) in [7, 11) is -3.94. The van der Waals surface area contributed by atoms with Gasteiger partial charge in [0.1, 0.15) is 5.82 Å². The summed E-state index contributed by atoms with van der Waals surface area (Å²) in [4.78, 5) is 13.6. The normalized spacial score (nSPS) is 19.6. The summed E-state index contributed by atoms with van der Waals surface area (Å²) in [5.41, 5.74) is 6.16. The minimum Gasteiger partial charge on any atom is -0.326 e. The maximum absolute atomic E-state index is 13.0. The van der Waals surface area contributed by atoms with Crippen LogP contribution in [0.25, 0.3) is 0 Å². The molecule has 0 radical (unpaired) electrons. The molecule has 0 aromatic heterocycles. The van der Waals surface area contributed by atoms with Crippen molar-refractivity contribution in [1.82, 2.24) is 10.9 Å². The Morgan fingerprint density at radius 1 is 1.19 bits per heavy atom. The molecule has 1 heterocycles. The molecule has 1 fully saturated rings. The maximum atomic E-state index is 13.0. The number of nitrogens with one attached hydrogen (secondary N) is 4. The van der Waals surface area contributed by atoms with E-state index in [1.54, 1.807) is 17.8 Å². The van der Waals surface area contributed by atoms with Crippen LogP contribution in [0.15, 0.2) is 53.4 Å². The van der Waals surface area contributed by atoms with E-state index in [9.17, 15) is 17.6 Å². The highest BCUT2D eigenvalue weighted by Crippen LogP contribution is 2.22. The molecular formula is C17H19FN4O3S2. The summed E-state index contributed by atoms with van der Waals surface area (Å²) in [5, 5.41) is 1.58. The Bertz CT molecular complexity index is 922. The van der Waals surface area contributed by atoms with Gasteiger partial charge in [0, 0.05) is 22.8 Å². The van der Waals surface area contributed by atoms with E-state index in [-0.39, 0.29) is 12.2 Å². The van der Waals surface area contributed by atoms with Crippen molar-refractivity contribution in [1.29, 1.82) is 0 Å². The largest absolute Gasteiger partial charge is 0.326 e. The number of carbonyl (C=O) groups excluding carboxylic acids is 1. The lowest BCUT2D eigenvalue weighted by atomic mass is 10.1. The van der Waals surface area contributed by atoms with Crippen LogP contribution < -0.4 is 20.9 Å². The third kappa shape index (κ3) is 4.78. The van der Waals surface area contributed by atoms with Gasteiger partial charge >= 0.3 is 0 Å².